The highest BCUT2D eigenvalue weighted by atomic mass is 127. The molecule has 2 aromatic carbocycles. The summed E-state index contributed by atoms with van der Waals surface area (Å²) in [6.45, 7) is 0. The molecular formula is C16H12F3IN2O3. The molecular weight excluding hydrogens is 452 g/mol. The first kappa shape index (κ1) is 19.0. The Hall–Kier alpha value is -2.30. The van der Waals surface area contributed by atoms with Gasteiger partial charge in [-0.1, -0.05) is 0 Å². The number of carbonyl (C=O) groups excluding carboxylic acids is 2. The van der Waals surface area contributed by atoms with Crippen LogP contribution in [0.15, 0.2) is 42.5 Å². The molecule has 0 aliphatic rings. The minimum absolute atomic E-state index is 0.0830. The van der Waals surface area contributed by atoms with Crippen LogP contribution in [0.4, 0.5) is 24.5 Å². The van der Waals surface area contributed by atoms with Crippen LogP contribution in [0.2, 0.25) is 0 Å². The first-order chi connectivity index (χ1) is 11.7. The molecule has 0 radical (unpaired) electrons. The van der Waals surface area contributed by atoms with Gasteiger partial charge in [0.1, 0.15) is 5.75 Å². The van der Waals surface area contributed by atoms with E-state index in [1.165, 1.54) is 25.3 Å². The molecule has 0 unspecified atom stereocenters. The fourth-order valence-corrected chi connectivity index (χ4v) is 2.37. The summed E-state index contributed by atoms with van der Waals surface area (Å²) in [7, 11) is 1.50. The molecule has 0 bridgehead atoms. The number of halogens is 4. The average Bonchev–Trinajstić information content (AvgIpc) is 2.56. The van der Waals surface area contributed by atoms with Crippen LogP contribution < -0.4 is 15.4 Å². The summed E-state index contributed by atoms with van der Waals surface area (Å²) in [5.74, 6) is -2.21. The fraction of sp³-hybridized carbons (Fsp3) is 0.125. The number of alkyl halides is 3. The van der Waals surface area contributed by atoms with Gasteiger partial charge in [-0.3, -0.25) is 9.59 Å². The average molecular weight is 464 g/mol. The number of rotatable bonds is 4. The van der Waals surface area contributed by atoms with Gasteiger partial charge < -0.3 is 15.4 Å². The molecule has 2 rings (SSSR count). The molecule has 0 spiro atoms. The Bertz CT molecular complexity index is 792. The minimum atomic E-state index is -5.05. The Morgan fingerprint density at radius 1 is 1.04 bits per heavy atom. The summed E-state index contributed by atoms with van der Waals surface area (Å²) in [6.07, 6.45) is -5.05. The van der Waals surface area contributed by atoms with E-state index in [4.69, 9.17) is 4.74 Å². The maximum absolute atomic E-state index is 12.4. The van der Waals surface area contributed by atoms with E-state index >= 15 is 0 Å². The highest BCUT2D eigenvalue weighted by molar-refractivity contribution is 14.1. The molecule has 0 saturated carbocycles. The van der Waals surface area contributed by atoms with Gasteiger partial charge in [-0.25, -0.2) is 0 Å². The van der Waals surface area contributed by atoms with Crippen LogP contribution in [0.5, 0.6) is 5.75 Å². The van der Waals surface area contributed by atoms with Crippen LogP contribution in [-0.4, -0.2) is 25.1 Å². The van der Waals surface area contributed by atoms with Crippen molar-refractivity contribution in [2.75, 3.05) is 17.7 Å². The lowest BCUT2D eigenvalue weighted by atomic mass is 10.1. The Balaban J connectivity index is 2.25. The van der Waals surface area contributed by atoms with Crippen molar-refractivity contribution in [2.45, 2.75) is 6.18 Å². The maximum Gasteiger partial charge on any atom is 0.471 e. The Labute approximate surface area is 154 Å². The summed E-state index contributed by atoms with van der Waals surface area (Å²) in [6, 6.07) is 10.5. The van der Waals surface area contributed by atoms with E-state index in [-0.39, 0.29) is 11.3 Å². The minimum Gasteiger partial charge on any atom is -0.497 e. The normalized spacial score (nSPS) is 10.9. The van der Waals surface area contributed by atoms with Gasteiger partial charge in [-0.2, -0.15) is 13.2 Å². The molecule has 5 nitrogen and oxygen atoms in total. The fourth-order valence-electron chi connectivity index (χ4n) is 1.88. The zero-order valence-electron chi connectivity index (χ0n) is 12.8. The van der Waals surface area contributed by atoms with E-state index in [1.54, 1.807) is 29.6 Å². The van der Waals surface area contributed by atoms with Crippen LogP contribution in [-0.2, 0) is 4.79 Å². The van der Waals surface area contributed by atoms with Crippen molar-refractivity contribution in [3.63, 3.8) is 0 Å². The van der Waals surface area contributed by atoms with E-state index in [0.717, 1.165) is 0 Å². The predicted octanol–water partition coefficient (Wildman–Crippen LogP) is 4.05. The molecule has 2 amide bonds. The number of amides is 2. The molecule has 0 saturated heterocycles. The van der Waals surface area contributed by atoms with Gasteiger partial charge >= 0.3 is 12.1 Å². The van der Waals surface area contributed by atoms with Crippen molar-refractivity contribution in [3.05, 3.63) is 51.6 Å². The van der Waals surface area contributed by atoms with Gasteiger partial charge in [-0.05, 0) is 65.1 Å². The third-order valence-corrected chi connectivity index (χ3v) is 3.75. The first-order valence-corrected chi connectivity index (χ1v) is 7.91. The number of hydrogen-bond acceptors (Lipinski definition) is 3. The van der Waals surface area contributed by atoms with Crippen LogP contribution in [0.1, 0.15) is 10.4 Å². The molecule has 0 fully saturated rings. The number of hydrogen-bond donors (Lipinski definition) is 2. The SMILES string of the molecule is COc1ccc(NC(=O)c2cc(I)ccc2NC(=O)C(F)(F)F)cc1. The monoisotopic (exact) mass is 464 g/mol. The van der Waals surface area contributed by atoms with Crippen LogP contribution >= 0.6 is 22.6 Å². The van der Waals surface area contributed by atoms with Gasteiger partial charge in [0.25, 0.3) is 5.91 Å². The van der Waals surface area contributed by atoms with Gasteiger partial charge in [-0.15, -0.1) is 0 Å². The number of carbonyl (C=O) groups is 2. The molecule has 0 atom stereocenters. The van der Waals surface area contributed by atoms with Crippen molar-refractivity contribution >= 4 is 45.8 Å². The molecule has 2 aromatic rings. The van der Waals surface area contributed by atoms with Crippen molar-refractivity contribution in [2.24, 2.45) is 0 Å². The van der Waals surface area contributed by atoms with Crippen molar-refractivity contribution in [1.29, 1.82) is 0 Å². The molecule has 25 heavy (non-hydrogen) atoms. The van der Waals surface area contributed by atoms with Crippen molar-refractivity contribution in [1.82, 2.24) is 0 Å². The Kier molecular flexibility index (Phi) is 5.88. The Morgan fingerprint density at radius 2 is 1.68 bits per heavy atom. The number of methoxy groups -OCH3 is 1. The smallest absolute Gasteiger partial charge is 0.471 e. The molecule has 0 aromatic heterocycles. The van der Waals surface area contributed by atoms with Gasteiger partial charge in [0, 0.05) is 9.26 Å². The number of ether oxygens (including phenoxy) is 1. The van der Waals surface area contributed by atoms with E-state index in [2.05, 4.69) is 5.32 Å². The molecule has 132 valence electrons. The zero-order chi connectivity index (χ0) is 18.6. The predicted molar refractivity (Wildman–Crippen MR) is 94.8 cm³/mol. The highest BCUT2D eigenvalue weighted by Crippen LogP contribution is 2.24. The summed E-state index contributed by atoms with van der Waals surface area (Å²) in [4.78, 5) is 23.5. The van der Waals surface area contributed by atoms with Crippen molar-refractivity contribution < 1.29 is 27.5 Å². The van der Waals surface area contributed by atoms with Gasteiger partial charge in [0.15, 0.2) is 0 Å². The number of nitrogens with one attached hydrogen (secondary N) is 2. The summed E-state index contributed by atoms with van der Waals surface area (Å²) in [5, 5.41) is 4.27. The zero-order valence-corrected chi connectivity index (χ0v) is 14.9. The van der Waals surface area contributed by atoms with E-state index < -0.39 is 18.0 Å². The standard InChI is InChI=1S/C16H12F3IN2O3/c1-25-11-5-3-10(4-6-11)21-14(23)12-8-9(20)2-7-13(12)22-15(24)16(17,18)19/h2-8H,1H3,(H,21,23)(H,22,24). The number of benzene rings is 2. The number of anilines is 2. The second-order valence-corrected chi connectivity index (χ2v) is 6.07. The lowest BCUT2D eigenvalue weighted by Crippen LogP contribution is -2.31. The largest absolute Gasteiger partial charge is 0.497 e. The second-order valence-electron chi connectivity index (χ2n) is 4.82. The summed E-state index contributed by atoms with van der Waals surface area (Å²) < 4.78 is 42.9. The van der Waals surface area contributed by atoms with E-state index in [1.807, 2.05) is 22.6 Å². The third-order valence-electron chi connectivity index (χ3n) is 3.08. The lowest BCUT2D eigenvalue weighted by molar-refractivity contribution is -0.167. The molecule has 0 aliphatic heterocycles. The molecule has 0 aliphatic carbocycles. The highest BCUT2D eigenvalue weighted by Gasteiger charge is 2.39. The molecule has 9 heteroatoms. The van der Waals surface area contributed by atoms with Crippen LogP contribution in [0.25, 0.3) is 0 Å². The van der Waals surface area contributed by atoms with Gasteiger partial charge in [0.05, 0.1) is 18.4 Å². The topological polar surface area (TPSA) is 67.4 Å². The van der Waals surface area contributed by atoms with E-state index in [9.17, 15) is 22.8 Å². The first-order valence-electron chi connectivity index (χ1n) is 6.84. The van der Waals surface area contributed by atoms with Crippen LogP contribution in [0, 0.1) is 3.57 Å². The van der Waals surface area contributed by atoms with Crippen LogP contribution in [0.3, 0.4) is 0 Å². The second kappa shape index (κ2) is 7.72. The third kappa shape index (κ3) is 5.08. The molecule has 2 N–H and O–H groups in total. The van der Waals surface area contributed by atoms with E-state index in [0.29, 0.717) is 15.0 Å². The van der Waals surface area contributed by atoms with Gasteiger partial charge in [0.2, 0.25) is 0 Å². The van der Waals surface area contributed by atoms with Crippen molar-refractivity contribution in [3.8, 4) is 5.75 Å². The Morgan fingerprint density at radius 3 is 2.24 bits per heavy atom. The lowest BCUT2D eigenvalue weighted by Gasteiger charge is -2.13. The molecule has 0 heterocycles. The maximum atomic E-state index is 12.4. The quantitative estimate of drug-likeness (QED) is 0.672. The summed E-state index contributed by atoms with van der Waals surface area (Å²) >= 11 is 1.91. The summed E-state index contributed by atoms with van der Waals surface area (Å²) in [5.41, 5.74) is 0.117.